The van der Waals surface area contributed by atoms with Crippen molar-refractivity contribution in [2.24, 2.45) is 0 Å². The van der Waals surface area contributed by atoms with E-state index in [4.69, 9.17) is 5.11 Å². The number of aliphatic hydroxyl groups is 1. The second-order valence-corrected chi connectivity index (χ2v) is 5.90. The van der Waals surface area contributed by atoms with Gasteiger partial charge in [-0.15, -0.1) is 0 Å². The summed E-state index contributed by atoms with van der Waals surface area (Å²) >= 11 is 0. The number of amides is 1. The van der Waals surface area contributed by atoms with Gasteiger partial charge in [-0.1, -0.05) is 12.1 Å². The summed E-state index contributed by atoms with van der Waals surface area (Å²) in [4.78, 5) is 13.7. The second kappa shape index (κ2) is 7.57. The zero-order valence-electron chi connectivity index (χ0n) is 13.0. The van der Waals surface area contributed by atoms with E-state index in [-0.39, 0.29) is 18.6 Å². The number of nitrogens with zero attached hydrogens (tertiary/aromatic N) is 1. The number of hydrogen-bond acceptors (Lipinski definition) is 3. The smallest absolute Gasteiger partial charge is 0.227 e. The topological polar surface area (TPSA) is 52.6 Å². The predicted molar refractivity (Wildman–Crippen MR) is 85.4 cm³/mol. The van der Waals surface area contributed by atoms with Gasteiger partial charge in [0.25, 0.3) is 0 Å². The summed E-state index contributed by atoms with van der Waals surface area (Å²) in [5.74, 6) is 0.226. The van der Waals surface area contributed by atoms with Crippen LogP contribution in [0.15, 0.2) is 24.3 Å². The van der Waals surface area contributed by atoms with Crippen LogP contribution < -0.4 is 10.2 Å². The highest BCUT2D eigenvalue weighted by atomic mass is 16.2. The molecule has 0 bridgehead atoms. The minimum atomic E-state index is 0.226. The Balaban J connectivity index is 2.01. The molecule has 1 fully saturated rings. The van der Waals surface area contributed by atoms with E-state index in [1.165, 1.54) is 5.56 Å². The zero-order chi connectivity index (χ0) is 15.2. The Morgan fingerprint density at radius 3 is 2.86 bits per heavy atom. The molecule has 0 radical (unpaired) electrons. The van der Waals surface area contributed by atoms with Crippen molar-refractivity contribution in [2.45, 2.75) is 51.6 Å². The summed E-state index contributed by atoms with van der Waals surface area (Å²) in [6, 6.07) is 8.84. The van der Waals surface area contributed by atoms with E-state index in [1.807, 2.05) is 17.0 Å². The highest BCUT2D eigenvalue weighted by Crippen LogP contribution is 2.25. The average molecular weight is 290 g/mol. The lowest BCUT2D eigenvalue weighted by Gasteiger charge is -2.22. The molecular formula is C17H26N2O2. The van der Waals surface area contributed by atoms with E-state index in [9.17, 15) is 4.79 Å². The average Bonchev–Trinajstić information content (AvgIpc) is 2.91. The number of hydrogen-bond donors (Lipinski definition) is 2. The van der Waals surface area contributed by atoms with Gasteiger partial charge >= 0.3 is 0 Å². The first-order chi connectivity index (χ1) is 10.1. The molecule has 0 aliphatic carbocycles. The van der Waals surface area contributed by atoms with Crippen molar-refractivity contribution in [3.05, 3.63) is 29.8 Å². The minimum Gasteiger partial charge on any atom is -0.396 e. The van der Waals surface area contributed by atoms with E-state index in [1.54, 1.807) is 0 Å². The fraction of sp³-hybridized carbons (Fsp3) is 0.588. The molecule has 2 N–H and O–H groups in total. The summed E-state index contributed by atoms with van der Waals surface area (Å²) < 4.78 is 0. The van der Waals surface area contributed by atoms with Crippen LogP contribution in [0.5, 0.6) is 0 Å². The SMILES string of the molecule is CC(CCCO)NC(C)c1cccc(N2CCCC2=O)c1. The van der Waals surface area contributed by atoms with Crippen LogP contribution in [0, 0.1) is 0 Å². The first-order valence-electron chi connectivity index (χ1n) is 7.89. The maximum absolute atomic E-state index is 11.8. The highest BCUT2D eigenvalue weighted by Gasteiger charge is 2.22. The molecule has 1 saturated heterocycles. The van der Waals surface area contributed by atoms with Crippen molar-refractivity contribution >= 4 is 11.6 Å². The summed E-state index contributed by atoms with van der Waals surface area (Å²) in [6.45, 7) is 5.35. The molecule has 0 aromatic heterocycles. The molecule has 1 amide bonds. The maximum Gasteiger partial charge on any atom is 0.227 e. The third kappa shape index (κ3) is 4.29. The van der Waals surface area contributed by atoms with E-state index in [0.29, 0.717) is 12.5 Å². The van der Waals surface area contributed by atoms with Crippen molar-refractivity contribution in [3.63, 3.8) is 0 Å². The predicted octanol–water partition coefficient (Wildman–Crippen LogP) is 2.63. The maximum atomic E-state index is 11.8. The normalized spacial score (nSPS) is 18.0. The van der Waals surface area contributed by atoms with E-state index in [0.717, 1.165) is 31.5 Å². The third-order valence-electron chi connectivity index (χ3n) is 4.09. The molecule has 116 valence electrons. The standard InChI is InChI=1S/C17H26N2O2/c1-13(6-5-11-20)18-14(2)15-7-3-8-16(12-15)19-10-4-9-17(19)21/h3,7-8,12-14,18,20H,4-6,9-11H2,1-2H3. The number of anilines is 1. The fourth-order valence-electron chi connectivity index (χ4n) is 2.89. The molecule has 0 saturated carbocycles. The minimum absolute atomic E-state index is 0.226. The Morgan fingerprint density at radius 2 is 2.19 bits per heavy atom. The molecule has 4 heteroatoms. The Hall–Kier alpha value is -1.39. The Bertz CT molecular complexity index is 476. The first kappa shape index (κ1) is 16.0. The van der Waals surface area contributed by atoms with Gasteiger partial charge in [0.1, 0.15) is 0 Å². The summed E-state index contributed by atoms with van der Waals surface area (Å²) in [7, 11) is 0. The van der Waals surface area contributed by atoms with Crippen molar-refractivity contribution < 1.29 is 9.90 Å². The molecular weight excluding hydrogens is 264 g/mol. The lowest BCUT2D eigenvalue weighted by Crippen LogP contribution is -2.29. The zero-order valence-corrected chi connectivity index (χ0v) is 13.0. The Morgan fingerprint density at radius 1 is 1.38 bits per heavy atom. The van der Waals surface area contributed by atoms with Crippen LogP contribution in [0.1, 0.15) is 51.1 Å². The fourth-order valence-corrected chi connectivity index (χ4v) is 2.89. The van der Waals surface area contributed by atoms with Gasteiger partial charge in [-0.25, -0.2) is 0 Å². The van der Waals surface area contributed by atoms with Gasteiger partial charge in [0.2, 0.25) is 5.91 Å². The van der Waals surface area contributed by atoms with E-state index in [2.05, 4.69) is 31.3 Å². The van der Waals surface area contributed by atoms with Crippen LogP contribution >= 0.6 is 0 Å². The van der Waals surface area contributed by atoms with Crippen molar-refractivity contribution in [1.29, 1.82) is 0 Å². The van der Waals surface area contributed by atoms with Gasteiger partial charge in [-0.3, -0.25) is 4.79 Å². The van der Waals surface area contributed by atoms with Gasteiger partial charge < -0.3 is 15.3 Å². The summed E-state index contributed by atoms with van der Waals surface area (Å²) in [6.07, 6.45) is 3.40. The monoisotopic (exact) mass is 290 g/mol. The number of aliphatic hydroxyl groups excluding tert-OH is 1. The van der Waals surface area contributed by atoms with Crippen LogP contribution in [-0.2, 0) is 4.79 Å². The van der Waals surface area contributed by atoms with Crippen molar-refractivity contribution in [2.75, 3.05) is 18.1 Å². The molecule has 2 rings (SSSR count). The Labute approximate surface area is 127 Å². The van der Waals surface area contributed by atoms with Crippen molar-refractivity contribution in [1.82, 2.24) is 5.32 Å². The van der Waals surface area contributed by atoms with Crippen LogP contribution in [0.3, 0.4) is 0 Å². The molecule has 1 aromatic rings. The first-order valence-corrected chi connectivity index (χ1v) is 7.89. The van der Waals surface area contributed by atoms with Gasteiger partial charge in [0, 0.05) is 37.3 Å². The lowest BCUT2D eigenvalue weighted by atomic mass is 10.1. The highest BCUT2D eigenvalue weighted by molar-refractivity contribution is 5.95. The van der Waals surface area contributed by atoms with Crippen LogP contribution in [0.25, 0.3) is 0 Å². The molecule has 2 unspecified atom stereocenters. The second-order valence-electron chi connectivity index (χ2n) is 5.90. The van der Waals surface area contributed by atoms with Crippen LogP contribution in [-0.4, -0.2) is 30.2 Å². The van der Waals surface area contributed by atoms with Gasteiger partial charge in [-0.2, -0.15) is 0 Å². The molecule has 1 aliphatic heterocycles. The van der Waals surface area contributed by atoms with Crippen molar-refractivity contribution in [3.8, 4) is 0 Å². The molecule has 0 spiro atoms. The molecule has 1 aromatic carbocycles. The number of carbonyl (C=O) groups is 1. The van der Waals surface area contributed by atoms with E-state index < -0.39 is 0 Å². The molecule has 21 heavy (non-hydrogen) atoms. The lowest BCUT2D eigenvalue weighted by molar-refractivity contribution is -0.117. The number of carbonyl (C=O) groups excluding carboxylic acids is 1. The summed E-state index contributed by atoms with van der Waals surface area (Å²) in [5.41, 5.74) is 2.20. The molecule has 4 nitrogen and oxygen atoms in total. The third-order valence-corrected chi connectivity index (χ3v) is 4.09. The van der Waals surface area contributed by atoms with Gasteiger partial charge in [0.05, 0.1) is 0 Å². The summed E-state index contributed by atoms with van der Waals surface area (Å²) in [5, 5.41) is 12.4. The number of benzene rings is 1. The molecule has 1 aliphatic rings. The number of nitrogens with one attached hydrogen (secondary N) is 1. The molecule has 1 heterocycles. The quantitative estimate of drug-likeness (QED) is 0.811. The Kier molecular flexibility index (Phi) is 5.76. The molecule has 2 atom stereocenters. The van der Waals surface area contributed by atoms with Gasteiger partial charge in [-0.05, 0) is 50.8 Å². The van der Waals surface area contributed by atoms with E-state index >= 15 is 0 Å². The van der Waals surface area contributed by atoms with Crippen LogP contribution in [0.2, 0.25) is 0 Å². The van der Waals surface area contributed by atoms with Crippen LogP contribution in [0.4, 0.5) is 5.69 Å². The van der Waals surface area contributed by atoms with Gasteiger partial charge in [0.15, 0.2) is 0 Å². The largest absolute Gasteiger partial charge is 0.396 e. The number of rotatable bonds is 7.